The topological polar surface area (TPSA) is 126 Å². The normalized spacial score (nSPS) is 28.0. The molecule has 5 atom stereocenters. The van der Waals surface area contributed by atoms with Crippen molar-refractivity contribution in [2.75, 3.05) is 13.2 Å². The van der Waals surface area contributed by atoms with E-state index in [2.05, 4.69) is 5.32 Å². The maximum Gasteiger partial charge on any atom is 0.303 e. The van der Waals surface area contributed by atoms with Crippen molar-refractivity contribution in [1.29, 1.82) is 0 Å². The monoisotopic (exact) mass is 375 g/mol. The van der Waals surface area contributed by atoms with E-state index in [4.69, 9.17) is 23.7 Å². The zero-order chi connectivity index (χ0) is 19.9. The third-order valence-corrected chi connectivity index (χ3v) is 3.40. The Hall–Kier alpha value is -2.20. The zero-order valence-electron chi connectivity index (χ0n) is 15.5. The second kappa shape index (κ2) is 10.1. The summed E-state index contributed by atoms with van der Waals surface area (Å²) in [6.45, 7) is 6.56. The highest BCUT2D eigenvalue weighted by molar-refractivity contribution is 5.73. The number of esters is 3. The van der Waals surface area contributed by atoms with Crippen LogP contribution < -0.4 is 5.32 Å². The molecule has 1 saturated heterocycles. The molecule has 10 nitrogen and oxygen atoms in total. The van der Waals surface area contributed by atoms with Gasteiger partial charge in [0, 0.05) is 34.3 Å². The van der Waals surface area contributed by atoms with Crippen LogP contribution in [0.4, 0.5) is 0 Å². The summed E-state index contributed by atoms with van der Waals surface area (Å²) in [5, 5.41) is 2.60. The van der Waals surface area contributed by atoms with Crippen LogP contribution in [0.25, 0.3) is 0 Å². The van der Waals surface area contributed by atoms with E-state index in [1.165, 1.54) is 27.7 Å². The van der Waals surface area contributed by atoms with Crippen LogP contribution in [-0.4, -0.2) is 67.7 Å². The Kier molecular flexibility index (Phi) is 8.46. The first-order valence-corrected chi connectivity index (χ1v) is 8.17. The lowest BCUT2D eigenvalue weighted by Gasteiger charge is -2.44. The first-order chi connectivity index (χ1) is 12.1. The number of carbonyl (C=O) groups excluding carboxylic acids is 4. The summed E-state index contributed by atoms with van der Waals surface area (Å²) < 4.78 is 26.7. The van der Waals surface area contributed by atoms with Gasteiger partial charge in [0.1, 0.15) is 18.8 Å². The first-order valence-electron chi connectivity index (χ1n) is 8.17. The van der Waals surface area contributed by atoms with Crippen LogP contribution in [0.1, 0.15) is 34.6 Å². The molecule has 1 aliphatic rings. The Morgan fingerprint density at radius 2 is 1.50 bits per heavy atom. The van der Waals surface area contributed by atoms with E-state index in [0.29, 0.717) is 0 Å². The van der Waals surface area contributed by atoms with Crippen LogP contribution in [0.15, 0.2) is 0 Å². The van der Waals surface area contributed by atoms with Crippen LogP contribution in [0, 0.1) is 0 Å². The van der Waals surface area contributed by atoms with Crippen LogP contribution in [-0.2, 0) is 42.9 Å². The highest BCUT2D eigenvalue weighted by atomic mass is 16.7. The SMILES string of the molecule is CCO[C@@H]1O[C@@H](COC(C)=O)[C@@H](OC(C)=O)[C@@H](OC(C)=O)[C@H]1NC(C)=O. The Morgan fingerprint density at radius 3 is 1.96 bits per heavy atom. The molecule has 0 bridgehead atoms. The molecule has 1 aliphatic heterocycles. The van der Waals surface area contributed by atoms with E-state index >= 15 is 0 Å². The van der Waals surface area contributed by atoms with Gasteiger partial charge in [-0.05, 0) is 6.92 Å². The molecule has 0 unspecified atom stereocenters. The van der Waals surface area contributed by atoms with Crippen LogP contribution in [0.2, 0.25) is 0 Å². The summed E-state index contributed by atoms with van der Waals surface area (Å²) >= 11 is 0. The van der Waals surface area contributed by atoms with Crippen molar-refractivity contribution in [2.45, 2.75) is 65.3 Å². The van der Waals surface area contributed by atoms with Crippen molar-refractivity contribution in [3.63, 3.8) is 0 Å². The third-order valence-electron chi connectivity index (χ3n) is 3.40. The summed E-state index contributed by atoms with van der Waals surface area (Å²) in [7, 11) is 0. The average molecular weight is 375 g/mol. The van der Waals surface area contributed by atoms with Gasteiger partial charge in [0.15, 0.2) is 18.5 Å². The van der Waals surface area contributed by atoms with Gasteiger partial charge in [-0.1, -0.05) is 0 Å². The largest absolute Gasteiger partial charge is 0.463 e. The zero-order valence-corrected chi connectivity index (χ0v) is 15.5. The van der Waals surface area contributed by atoms with Crippen LogP contribution >= 0.6 is 0 Å². The Morgan fingerprint density at radius 1 is 0.923 bits per heavy atom. The highest BCUT2D eigenvalue weighted by Gasteiger charge is 2.51. The smallest absolute Gasteiger partial charge is 0.303 e. The van der Waals surface area contributed by atoms with Gasteiger partial charge < -0.3 is 29.0 Å². The highest BCUT2D eigenvalue weighted by Crippen LogP contribution is 2.27. The number of ether oxygens (including phenoxy) is 5. The second-order valence-electron chi connectivity index (χ2n) is 5.68. The van der Waals surface area contributed by atoms with Gasteiger partial charge in [-0.15, -0.1) is 0 Å². The van der Waals surface area contributed by atoms with Gasteiger partial charge in [-0.3, -0.25) is 19.2 Å². The minimum absolute atomic E-state index is 0.242. The summed E-state index contributed by atoms with van der Waals surface area (Å²) in [4.78, 5) is 45.8. The van der Waals surface area contributed by atoms with Crippen LogP contribution in [0.5, 0.6) is 0 Å². The van der Waals surface area contributed by atoms with E-state index in [0.717, 1.165) is 0 Å². The molecule has 1 heterocycles. The number of carbonyl (C=O) groups is 4. The van der Waals surface area contributed by atoms with Crippen LogP contribution in [0.3, 0.4) is 0 Å². The lowest BCUT2D eigenvalue weighted by Crippen LogP contribution is -2.66. The van der Waals surface area contributed by atoms with Crippen molar-refractivity contribution in [3.05, 3.63) is 0 Å². The molecule has 0 aromatic heterocycles. The predicted octanol–water partition coefficient (Wildman–Crippen LogP) is -0.321. The van der Waals surface area contributed by atoms with Gasteiger partial charge in [0.05, 0.1) is 0 Å². The third kappa shape index (κ3) is 6.60. The summed E-state index contributed by atoms with van der Waals surface area (Å²) in [6.07, 6.45) is -4.15. The molecule has 0 aromatic carbocycles. The summed E-state index contributed by atoms with van der Waals surface area (Å²) in [6, 6.07) is -0.922. The molecule has 1 fully saturated rings. The maximum absolute atomic E-state index is 11.6. The van der Waals surface area contributed by atoms with Gasteiger partial charge in [-0.25, -0.2) is 0 Å². The van der Waals surface area contributed by atoms with E-state index < -0.39 is 54.5 Å². The minimum atomic E-state index is -1.11. The Balaban J connectivity index is 3.22. The number of amides is 1. The van der Waals surface area contributed by atoms with Gasteiger partial charge >= 0.3 is 17.9 Å². The maximum atomic E-state index is 11.6. The number of nitrogens with one attached hydrogen (secondary N) is 1. The molecule has 0 aliphatic carbocycles. The van der Waals surface area contributed by atoms with E-state index in [9.17, 15) is 19.2 Å². The molecule has 0 spiro atoms. The molecule has 148 valence electrons. The molecule has 1 N–H and O–H groups in total. The lowest BCUT2D eigenvalue weighted by molar-refractivity contribution is -0.276. The quantitative estimate of drug-likeness (QED) is 0.470. The molecule has 10 heteroatoms. The predicted molar refractivity (Wildman–Crippen MR) is 85.6 cm³/mol. The summed E-state index contributed by atoms with van der Waals surface area (Å²) in [5.41, 5.74) is 0. The molecular formula is C16H25NO9. The van der Waals surface area contributed by atoms with Crippen molar-refractivity contribution >= 4 is 23.8 Å². The molecular weight excluding hydrogens is 350 g/mol. The van der Waals surface area contributed by atoms with Gasteiger partial charge in [0.2, 0.25) is 5.91 Å². The molecule has 0 saturated carbocycles. The molecule has 0 aromatic rings. The van der Waals surface area contributed by atoms with E-state index in [1.807, 2.05) is 0 Å². The summed E-state index contributed by atoms with van der Waals surface area (Å²) in [5.74, 6) is -2.28. The number of hydrogen-bond donors (Lipinski definition) is 1. The fraction of sp³-hybridized carbons (Fsp3) is 0.750. The van der Waals surface area contributed by atoms with E-state index in [-0.39, 0.29) is 13.2 Å². The molecule has 0 radical (unpaired) electrons. The van der Waals surface area contributed by atoms with Gasteiger partial charge in [-0.2, -0.15) is 0 Å². The van der Waals surface area contributed by atoms with Gasteiger partial charge in [0.25, 0.3) is 0 Å². The fourth-order valence-electron chi connectivity index (χ4n) is 2.60. The van der Waals surface area contributed by atoms with Crippen molar-refractivity contribution in [3.8, 4) is 0 Å². The average Bonchev–Trinajstić information content (AvgIpc) is 2.50. The Bertz CT molecular complexity index is 536. The lowest BCUT2D eigenvalue weighted by atomic mass is 9.96. The number of hydrogen-bond acceptors (Lipinski definition) is 9. The Labute approximate surface area is 151 Å². The second-order valence-corrected chi connectivity index (χ2v) is 5.68. The number of rotatable bonds is 7. The molecule has 1 rings (SSSR count). The van der Waals surface area contributed by atoms with E-state index in [1.54, 1.807) is 6.92 Å². The minimum Gasteiger partial charge on any atom is -0.463 e. The molecule has 1 amide bonds. The first kappa shape index (κ1) is 21.8. The fourth-order valence-corrected chi connectivity index (χ4v) is 2.60. The van der Waals surface area contributed by atoms with Crippen molar-refractivity contribution in [2.24, 2.45) is 0 Å². The van der Waals surface area contributed by atoms with Crippen molar-refractivity contribution in [1.82, 2.24) is 5.32 Å². The van der Waals surface area contributed by atoms with Crippen molar-refractivity contribution < 1.29 is 42.9 Å². The standard InChI is InChI=1S/C16H25NO9/c1-6-22-16-13(17-8(2)18)15(25-11(5)21)14(24-10(4)20)12(26-16)7-23-9(3)19/h12-16H,6-7H2,1-5H3,(H,17,18)/t12-,13+,14+,15-,16+/m0/s1. The molecule has 26 heavy (non-hydrogen) atoms.